The Labute approximate surface area is 150 Å². The summed E-state index contributed by atoms with van der Waals surface area (Å²) >= 11 is 0. The van der Waals surface area contributed by atoms with E-state index >= 15 is 0 Å². The number of nitrogens with zero attached hydrogens (tertiary/aromatic N) is 1. The van der Waals surface area contributed by atoms with Gasteiger partial charge in [-0.2, -0.15) is 0 Å². The minimum atomic E-state index is -3.57. The van der Waals surface area contributed by atoms with Crippen LogP contribution < -0.4 is 5.32 Å². The molecule has 0 fully saturated rings. The van der Waals surface area contributed by atoms with Gasteiger partial charge >= 0.3 is 0 Å². The van der Waals surface area contributed by atoms with Crippen LogP contribution in [-0.2, 0) is 21.1 Å². The minimum Gasteiger partial charge on any atom is -0.318 e. The fraction of sp³-hybridized carbons (Fsp3) is 0.400. The van der Waals surface area contributed by atoms with Crippen LogP contribution in [0.1, 0.15) is 24.0 Å². The maximum atomic E-state index is 13.8. The topological polar surface area (TPSA) is 49.4 Å². The maximum absolute atomic E-state index is 13.8. The zero-order valence-corrected chi connectivity index (χ0v) is 15.7. The summed E-state index contributed by atoms with van der Waals surface area (Å²) in [5.74, 6) is 0. The molecular weight excluding hydrogens is 332 g/mol. The second-order valence-corrected chi connectivity index (χ2v) is 8.79. The number of rotatable bonds is 6. The van der Waals surface area contributed by atoms with Crippen LogP contribution in [0.2, 0.25) is 0 Å². The van der Waals surface area contributed by atoms with Crippen molar-refractivity contribution in [3.05, 3.63) is 65.7 Å². The number of likely N-dealkylation sites (N-methyl/N-ethyl adjacent to an activating group) is 2. The van der Waals surface area contributed by atoms with Crippen LogP contribution in [0, 0.1) is 0 Å². The van der Waals surface area contributed by atoms with Crippen LogP contribution in [0.15, 0.2) is 59.5 Å². The van der Waals surface area contributed by atoms with E-state index in [2.05, 4.69) is 11.4 Å². The summed E-state index contributed by atoms with van der Waals surface area (Å²) in [6.45, 7) is 1.40. The Morgan fingerprint density at radius 3 is 2.48 bits per heavy atom. The molecule has 134 valence electrons. The van der Waals surface area contributed by atoms with Gasteiger partial charge in [0.2, 0.25) is 9.84 Å². The molecule has 0 amide bonds. The zero-order chi connectivity index (χ0) is 17.9. The molecule has 1 unspecified atom stereocenters. The van der Waals surface area contributed by atoms with E-state index < -0.39 is 14.7 Å². The van der Waals surface area contributed by atoms with Crippen LogP contribution in [0.3, 0.4) is 0 Å². The molecule has 0 saturated heterocycles. The summed E-state index contributed by atoms with van der Waals surface area (Å²) in [7, 11) is 0.252. The summed E-state index contributed by atoms with van der Waals surface area (Å²) in [6, 6.07) is 16.9. The molecule has 3 rings (SSSR count). The molecule has 0 aliphatic heterocycles. The second kappa shape index (κ2) is 7.28. The molecule has 1 N–H and O–H groups in total. The zero-order valence-electron chi connectivity index (χ0n) is 14.9. The molecule has 5 heteroatoms. The first-order valence-corrected chi connectivity index (χ1v) is 10.3. The molecular formula is C20H26N2O2S. The highest BCUT2D eigenvalue weighted by Crippen LogP contribution is 2.46. The van der Waals surface area contributed by atoms with Crippen LogP contribution >= 0.6 is 0 Å². The Hall–Kier alpha value is -1.69. The van der Waals surface area contributed by atoms with Gasteiger partial charge in [-0.05, 0) is 56.6 Å². The fourth-order valence-electron chi connectivity index (χ4n) is 3.91. The van der Waals surface area contributed by atoms with E-state index in [-0.39, 0.29) is 0 Å². The van der Waals surface area contributed by atoms with Crippen LogP contribution in [0.5, 0.6) is 0 Å². The van der Waals surface area contributed by atoms with Crippen LogP contribution in [0.25, 0.3) is 0 Å². The largest absolute Gasteiger partial charge is 0.318 e. The van der Waals surface area contributed by atoms with E-state index in [0.717, 1.165) is 30.5 Å². The van der Waals surface area contributed by atoms with Gasteiger partial charge in [0.25, 0.3) is 0 Å². The summed E-state index contributed by atoms with van der Waals surface area (Å²) < 4.78 is 27.6. The van der Waals surface area contributed by atoms with Crippen molar-refractivity contribution in [3.63, 3.8) is 0 Å². The monoisotopic (exact) mass is 358 g/mol. The third kappa shape index (κ3) is 3.01. The molecule has 25 heavy (non-hydrogen) atoms. The highest BCUT2D eigenvalue weighted by atomic mass is 32.2. The van der Waals surface area contributed by atoms with Crippen molar-refractivity contribution >= 4 is 9.84 Å². The second-order valence-electron chi connectivity index (χ2n) is 6.64. The van der Waals surface area contributed by atoms with Crippen molar-refractivity contribution in [2.24, 2.45) is 0 Å². The van der Waals surface area contributed by atoms with Crippen molar-refractivity contribution in [1.82, 2.24) is 10.2 Å². The number of fused-ring (bicyclic) bond motifs is 1. The Balaban J connectivity index is 2.22. The van der Waals surface area contributed by atoms with Crippen LogP contribution in [0.4, 0.5) is 0 Å². The van der Waals surface area contributed by atoms with Gasteiger partial charge in [-0.1, -0.05) is 42.5 Å². The first-order chi connectivity index (χ1) is 12.0. The molecule has 0 heterocycles. The number of hydrogen-bond donors (Lipinski definition) is 1. The highest BCUT2D eigenvalue weighted by Gasteiger charge is 2.51. The number of sulfone groups is 1. The Kier molecular flexibility index (Phi) is 5.27. The smallest absolute Gasteiger partial charge is 0.201 e. The lowest BCUT2D eigenvalue weighted by atomic mass is 9.86. The Morgan fingerprint density at radius 1 is 1.08 bits per heavy atom. The van der Waals surface area contributed by atoms with Gasteiger partial charge in [0, 0.05) is 13.1 Å². The molecule has 0 spiro atoms. The number of aryl methyl sites for hydroxylation is 1. The predicted molar refractivity (Wildman–Crippen MR) is 101 cm³/mol. The van der Waals surface area contributed by atoms with E-state index in [1.807, 2.05) is 43.3 Å². The third-order valence-corrected chi connectivity index (χ3v) is 7.73. The predicted octanol–water partition coefficient (Wildman–Crippen LogP) is 2.80. The van der Waals surface area contributed by atoms with Gasteiger partial charge in [0.1, 0.15) is 0 Å². The standard InChI is InChI=1S/C20H26N2O2S/c1-21-15-16-22(2)20(25(23,24)18-11-4-3-5-12-18)14-8-10-17-9-6-7-13-19(17)20/h3-7,9,11-13,21H,8,10,14-16H2,1-2H3. The summed E-state index contributed by atoms with van der Waals surface area (Å²) in [6.07, 6.45) is 2.41. The van der Waals surface area contributed by atoms with Gasteiger partial charge < -0.3 is 5.32 Å². The highest BCUT2D eigenvalue weighted by molar-refractivity contribution is 7.92. The Bertz CT molecular complexity index is 821. The summed E-state index contributed by atoms with van der Waals surface area (Å²) in [4.78, 5) is 1.40. The lowest BCUT2D eigenvalue weighted by Crippen LogP contribution is -2.53. The van der Waals surface area contributed by atoms with Crippen molar-refractivity contribution in [2.45, 2.75) is 29.0 Å². The summed E-state index contributed by atoms with van der Waals surface area (Å²) in [5.41, 5.74) is 2.08. The molecule has 0 aromatic heterocycles. The normalized spacial score (nSPS) is 20.4. The SMILES string of the molecule is CNCCN(C)C1(S(=O)(=O)c2ccccc2)CCCc2ccccc21. The maximum Gasteiger partial charge on any atom is 0.201 e. The molecule has 1 aliphatic rings. The van der Waals surface area contributed by atoms with E-state index in [0.29, 0.717) is 17.9 Å². The molecule has 1 aliphatic carbocycles. The fourth-order valence-corrected chi connectivity index (χ4v) is 6.22. The molecule has 2 aromatic rings. The van der Waals surface area contributed by atoms with E-state index in [1.54, 1.807) is 24.3 Å². The number of nitrogens with one attached hydrogen (secondary N) is 1. The van der Waals surface area contributed by atoms with Gasteiger partial charge in [-0.25, -0.2) is 8.42 Å². The van der Waals surface area contributed by atoms with Crippen molar-refractivity contribution < 1.29 is 8.42 Å². The van der Waals surface area contributed by atoms with Gasteiger partial charge in [0.05, 0.1) is 4.90 Å². The average molecular weight is 359 g/mol. The van der Waals surface area contributed by atoms with Crippen LogP contribution in [-0.4, -0.2) is 40.5 Å². The lowest BCUT2D eigenvalue weighted by Gasteiger charge is -2.45. The molecule has 2 aromatic carbocycles. The minimum absolute atomic E-state index is 0.392. The summed E-state index contributed by atoms with van der Waals surface area (Å²) in [5, 5.41) is 3.13. The number of hydrogen-bond acceptors (Lipinski definition) is 4. The quantitative estimate of drug-likeness (QED) is 0.863. The van der Waals surface area contributed by atoms with Gasteiger partial charge in [-0.3, -0.25) is 4.90 Å². The lowest BCUT2D eigenvalue weighted by molar-refractivity contribution is 0.176. The van der Waals surface area contributed by atoms with E-state index in [1.165, 1.54) is 0 Å². The van der Waals surface area contributed by atoms with Crippen molar-refractivity contribution in [2.75, 3.05) is 27.2 Å². The van der Waals surface area contributed by atoms with Crippen molar-refractivity contribution in [1.29, 1.82) is 0 Å². The number of benzene rings is 2. The first kappa shape index (κ1) is 18.1. The molecule has 0 radical (unpaired) electrons. The van der Waals surface area contributed by atoms with Gasteiger partial charge in [-0.15, -0.1) is 0 Å². The molecule has 0 saturated carbocycles. The van der Waals surface area contributed by atoms with Crippen molar-refractivity contribution in [3.8, 4) is 0 Å². The van der Waals surface area contributed by atoms with Gasteiger partial charge in [0.15, 0.2) is 4.87 Å². The van der Waals surface area contributed by atoms with E-state index in [4.69, 9.17) is 0 Å². The molecule has 1 atom stereocenters. The Morgan fingerprint density at radius 2 is 1.76 bits per heavy atom. The third-order valence-electron chi connectivity index (χ3n) is 5.21. The molecule has 4 nitrogen and oxygen atoms in total. The van der Waals surface area contributed by atoms with E-state index in [9.17, 15) is 8.42 Å². The molecule has 0 bridgehead atoms. The first-order valence-electron chi connectivity index (χ1n) is 8.78. The average Bonchev–Trinajstić information content (AvgIpc) is 2.66.